The summed E-state index contributed by atoms with van der Waals surface area (Å²) in [6.07, 6.45) is 0.252. The summed E-state index contributed by atoms with van der Waals surface area (Å²) < 4.78 is 5.54. The summed E-state index contributed by atoms with van der Waals surface area (Å²) in [4.78, 5) is 27.5. The highest BCUT2D eigenvalue weighted by molar-refractivity contribution is 9.09. The van der Waals surface area contributed by atoms with Gasteiger partial charge in [0.2, 0.25) is 0 Å². The van der Waals surface area contributed by atoms with Gasteiger partial charge in [0.15, 0.2) is 5.54 Å². The molecule has 0 aliphatic carbocycles. The van der Waals surface area contributed by atoms with Crippen LogP contribution < -0.4 is 0 Å². The van der Waals surface area contributed by atoms with Crippen molar-refractivity contribution in [2.45, 2.75) is 24.6 Å². The molecule has 4 nitrogen and oxygen atoms in total. The topological polar surface area (TPSA) is 46.6 Å². The minimum absolute atomic E-state index is 0.110. The van der Waals surface area contributed by atoms with Gasteiger partial charge in [0.05, 0.1) is 0 Å². The van der Waals surface area contributed by atoms with E-state index in [1.165, 1.54) is 0 Å². The molecule has 2 atom stereocenters. The Labute approximate surface area is 148 Å². The summed E-state index contributed by atoms with van der Waals surface area (Å²) >= 11 is 3.40. The molecule has 2 heterocycles. The number of hydrogen-bond acceptors (Lipinski definition) is 3. The molecule has 0 radical (unpaired) electrons. The Hall–Kier alpha value is -2.14. The quantitative estimate of drug-likeness (QED) is 0.601. The van der Waals surface area contributed by atoms with Crippen molar-refractivity contribution in [2.75, 3.05) is 5.33 Å². The highest BCUT2D eigenvalue weighted by Gasteiger charge is 2.60. The molecule has 0 N–H and O–H groups in total. The van der Waals surface area contributed by atoms with Gasteiger partial charge in [-0.15, -0.1) is 0 Å². The molecule has 5 heteroatoms. The summed E-state index contributed by atoms with van der Waals surface area (Å²) in [7, 11) is 0. The molecular weight excluding hydrogens is 370 g/mol. The van der Waals surface area contributed by atoms with Crippen LogP contribution in [0.25, 0.3) is 0 Å². The van der Waals surface area contributed by atoms with E-state index in [0.29, 0.717) is 23.9 Å². The minimum atomic E-state index is -1.01. The van der Waals surface area contributed by atoms with E-state index in [0.717, 1.165) is 11.1 Å². The number of carbonyl (C=O) groups is 2. The van der Waals surface area contributed by atoms with Gasteiger partial charge in [0.1, 0.15) is 6.10 Å². The zero-order chi connectivity index (χ0) is 16.7. The third-order valence-corrected chi connectivity index (χ3v) is 5.52. The Morgan fingerprint density at radius 2 is 1.79 bits per heavy atom. The molecule has 122 valence electrons. The molecule has 1 fully saturated rings. The van der Waals surface area contributed by atoms with Crippen LogP contribution in [0.1, 0.15) is 27.9 Å². The monoisotopic (exact) mass is 385 g/mol. The number of carbonyl (C=O) groups excluding carboxylic acids is 2. The van der Waals surface area contributed by atoms with Crippen LogP contribution in [0.15, 0.2) is 54.6 Å². The molecule has 1 amide bonds. The molecule has 1 spiro atoms. The van der Waals surface area contributed by atoms with Crippen molar-refractivity contribution in [1.82, 2.24) is 4.90 Å². The molecule has 2 aromatic carbocycles. The van der Waals surface area contributed by atoms with Gasteiger partial charge in [-0.25, -0.2) is 4.79 Å². The lowest BCUT2D eigenvalue weighted by molar-refractivity contribution is -0.149. The van der Waals surface area contributed by atoms with Gasteiger partial charge in [-0.05, 0) is 11.6 Å². The summed E-state index contributed by atoms with van der Waals surface area (Å²) in [5.74, 6) is -0.442. The standard InChI is InChI=1S/C19H16BrNO3/c20-11-14-10-19(18(23)24-14)16-9-5-4-8-15(16)17(22)21(19)12-13-6-2-1-3-7-13/h1-9,14H,10-12H2/t14-,19+/m0/s1. The van der Waals surface area contributed by atoms with Crippen LogP contribution in [-0.2, 0) is 21.6 Å². The van der Waals surface area contributed by atoms with Crippen LogP contribution in [0.5, 0.6) is 0 Å². The van der Waals surface area contributed by atoms with Gasteiger partial charge < -0.3 is 9.64 Å². The number of esters is 1. The lowest BCUT2D eigenvalue weighted by Crippen LogP contribution is -2.46. The van der Waals surface area contributed by atoms with Crippen molar-refractivity contribution in [3.05, 3.63) is 71.3 Å². The van der Waals surface area contributed by atoms with E-state index in [1.54, 1.807) is 11.0 Å². The van der Waals surface area contributed by atoms with Gasteiger partial charge >= 0.3 is 5.97 Å². The maximum Gasteiger partial charge on any atom is 0.337 e. The molecule has 1 saturated heterocycles. The van der Waals surface area contributed by atoms with E-state index in [-0.39, 0.29) is 18.0 Å². The third-order valence-electron chi connectivity index (χ3n) is 4.80. The Bertz CT molecular complexity index is 807. The number of halogens is 1. The maximum absolute atomic E-state index is 13.0. The molecule has 2 aromatic rings. The average molecular weight is 386 g/mol. The smallest absolute Gasteiger partial charge is 0.337 e. The molecule has 4 rings (SSSR count). The summed E-state index contributed by atoms with van der Waals surface area (Å²) in [5, 5.41) is 0.566. The highest BCUT2D eigenvalue weighted by atomic mass is 79.9. The van der Waals surface area contributed by atoms with E-state index in [4.69, 9.17) is 4.74 Å². The predicted molar refractivity (Wildman–Crippen MR) is 92.7 cm³/mol. The Balaban J connectivity index is 1.83. The Kier molecular flexibility index (Phi) is 3.68. The van der Waals surface area contributed by atoms with Crippen LogP contribution in [0.4, 0.5) is 0 Å². The summed E-state index contributed by atoms with van der Waals surface area (Å²) in [5.41, 5.74) is 1.34. The van der Waals surface area contributed by atoms with Gasteiger partial charge in [-0.3, -0.25) is 4.79 Å². The van der Waals surface area contributed by atoms with Crippen molar-refractivity contribution in [3.63, 3.8) is 0 Å². The van der Waals surface area contributed by atoms with Gasteiger partial charge in [-0.2, -0.15) is 0 Å². The van der Waals surface area contributed by atoms with Crippen molar-refractivity contribution >= 4 is 27.8 Å². The van der Waals surface area contributed by atoms with Crippen LogP contribution in [0.3, 0.4) is 0 Å². The Morgan fingerprint density at radius 3 is 2.50 bits per heavy atom. The largest absolute Gasteiger partial charge is 0.459 e. The zero-order valence-corrected chi connectivity index (χ0v) is 14.5. The second-order valence-corrected chi connectivity index (χ2v) is 6.82. The number of alkyl halides is 1. The molecule has 0 aromatic heterocycles. The molecule has 0 bridgehead atoms. The van der Waals surface area contributed by atoms with Gasteiger partial charge in [0, 0.05) is 29.4 Å². The molecule has 0 unspecified atom stereocenters. The molecule has 0 saturated carbocycles. The van der Waals surface area contributed by atoms with Crippen molar-refractivity contribution < 1.29 is 14.3 Å². The molecule has 24 heavy (non-hydrogen) atoms. The number of hydrogen-bond donors (Lipinski definition) is 0. The van der Waals surface area contributed by atoms with Crippen LogP contribution in [0.2, 0.25) is 0 Å². The maximum atomic E-state index is 13.0. The first kappa shape index (κ1) is 15.4. The number of fused-ring (bicyclic) bond motifs is 2. The fraction of sp³-hybridized carbons (Fsp3) is 0.263. The van der Waals surface area contributed by atoms with Crippen molar-refractivity contribution in [1.29, 1.82) is 0 Å². The number of nitrogens with zero attached hydrogens (tertiary/aromatic N) is 1. The first-order chi connectivity index (χ1) is 11.7. The first-order valence-corrected chi connectivity index (χ1v) is 9.01. The lowest BCUT2D eigenvalue weighted by Gasteiger charge is -2.32. The van der Waals surface area contributed by atoms with E-state index >= 15 is 0 Å². The minimum Gasteiger partial charge on any atom is -0.459 e. The van der Waals surface area contributed by atoms with Crippen LogP contribution in [0, 0.1) is 0 Å². The van der Waals surface area contributed by atoms with Crippen molar-refractivity contribution in [2.24, 2.45) is 0 Å². The van der Waals surface area contributed by atoms with Crippen LogP contribution in [-0.4, -0.2) is 28.2 Å². The van der Waals surface area contributed by atoms with Gasteiger partial charge in [0.25, 0.3) is 5.91 Å². The van der Waals surface area contributed by atoms with E-state index < -0.39 is 5.54 Å². The summed E-state index contributed by atoms with van der Waals surface area (Å²) in [6.45, 7) is 0.387. The van der Waals surface area contributed by atoms with Crippen LogP contribution >= 0.6 is 15.9 Å². The Morgan fingerprint density at radius 1 is 1.08 bits per heavy atom. The second-order valence-electron chi connectivity index (χ2n) is 6.17. The SMILES string of the molecule is O=C1c2ccccc2[C@@]2(C[C@@H](CBr)OC2=O)N1Cc1ccccc1. The molecular formula is C19H16BrNO3. The van der Waals surface area contributed by atoms with E-state index in [2.05, 4.69) is 15.9 Å². The second kappa shape index (κ2) is 5.74. The fourth-order valence-corrected chi connectivity index (χ4v) is 4.06. The molecule has 2 aliphatic rings. The predicted octanol–water partition coefficient (Wildman–Crippen LogP) is 3.25. The first-order valence-electron chi connectivity index (χ1n) is 7.89. The van der Waals surface area contributed by atoms with E-state index in [9.17, 15) is 9.59 Å². The number of cyclic esters (lactones) is 1. The summed E-state index contributed by atoms with van der Waals surface area (Å²) in [6, 6.07) is 17.1. The lowest BCUT2D eigenvalue weighted by atomic mass is 9.86. The number of benzene rings is 2. The number of amides is 1. The van der Waals surface area contributed by atoms with E-state index in [1.807, 2.05) is 48.5 Å². The van der Waals surface area contributed by atoms with Crippen molar-refractivity contribution in [3.8, 4) is 0 Å². The molecule has 2 aliphatic heterocycles. The fourth-order valence-electron chi connectivity index (χ4n) is 3.70. The highest BCUT2D eigenvalue weighted by Crippen LogP contribution is 2.48. The number of ether oxygens (including phenoxy) is 1. The van der Waals surface area contributed by atoms with Gasteiger partial charge in [-0.1, -0.05) is 64.5 Å². The zero-order valence-electron chi connectivity index (χ0n) is 12.9. The normalized spacial score (nSPS) is 25.2. The average Bonchev–Trinajstić information content (AvgIpc) is 3.08. The number of rotatable bonds is 3. The third kappa shape index (κ3) is 2.11.